The summed E-state index contributed by atoms with van der Waals surface area (Å²) in [6.07, 6.45) is 7.46. The Morgan fingerprint density at radius 1 is 1.08 bits per heavy atom. The fourth-order valence-corrected chi connectivity index (χ4v) is 4.40. The van der Waals surface area contributed by atoms with Crippen LogP contribution in [0.4, 0.5) is 5.69 Å². The summed E-state index contributed by atoms with van der Waals surface area (Å²) >= 11 is 0. The molecule has 3 rings (SSSR count). The molecule has 2 aliphatic rings. The molecule has 1 saturated carbocycles. The highest BCUT2D eigenvalue weighted by Crippen LogP contribution is 2.35. The topological polar surface area (TPSA) is 61.4 Å². The summed E-state index contributed by atoms with van der Waals surface area (Å²) in [5.41, 5.74) is 1.93. The third-order valence-electron chi connectivity index (χ3n) is 5.86. The molecule has 1 aromatic rings. The van der Waals surface area contributed by atoms with Gasteiger partial charge in [0.15, 0.2) is 0 Å². The second-order valence-corrected chi connectivity index (χ2v) is 7.66. The molecule has 1 saturated heterocycles. The zero-order valence-electron chi connectivity index (χ0n) is 15.8. The van der Waals surface area contributed by atoms with Crippen LogP contribution in [0.3, 0.4) is 0 Å². The molecule has 0 bridgehead atoms. The number of para-hydroxylation sites is 1. The van der Waals surface area contributed by atoms with Gasteiger partial charge in [0.1, 0.15) is 0 Å². The molecule has 1 heterocycles. The molecule has 2 fully saturated rings. The van der Waals surface area contributed by atoms with E-state index in [0.29, 0.717) is 6.54 Å². The number of nitrogens with zero attached hydrogens (tertiary/aromatic N) is 1. The van der Waals surface area contributed by atoms with Crippen molar-refractivity contribution >= 4 is 17.5 Å². The summed E-state index contributed by atoms with van der Waals surface area (Å²) < 4.78 is 0. The van der Waals surface area contributed by atoms with Crippen molar-refractivity contribution in [3.05, 3.63) is 29.8 Å². The van der Waals surface area contributed by atoms with Gasteiger partial charge in [0.2, 0.25) is 11.8 Å². The predicted molar refractivity (Wildman–Crippen MR) is 104 cm³/mol. The van der Waals surface area contributed by atoms with Crippen molar-refractivity contribution in [1.29, 1.82) is 0 Å². The number of likely N-dealkylation sites (tertiary alicyclic amines) is 1. The van der Waals surface area contributed by atoms with Gasteiger partial charge in [0.05, 0.1) is 13.1 Å². The second kappa shape index (κ2) is 9.17. The van der Waals surface area contributed by atoms with E-state index in [1.54, 1.807) is 0 Å². The van der Waals surface area contributed by atoms with Gasteiger partial charge in [-0.25, -0.2) is 0 Å². The van der Waals surface area contributed by atoms with Gasteiger partial charge in [-0.2, -0.15) is 0 Å². The zero-order valence-corrected chi connectivity index (χ0v) is 15.8. The fraction of sp³-hybridized carbons (Fsp3) is 0.619. The number of rotatable bonds is 6. The molecule has 26 heavy (non-hydrogen) atoms. The van der Waals surface area contributed by atoms with Crippen LogP contribution >= 0.6 is 0 Å². The lowest BCUT2D eigenvalue weighted by atomic mass is 9.75. The van der Waals surface area contributed by atoms with Gasteiger partial charge in [0, 0.05) is 12.2 Å². The Labute approximate surface area is 156 Å². The second-order valence-electron chi connectivity index (χ2n) is 7.66. The SMILES string of the molecule is CCc1ccccc1NC(=O)CNC(=O)CN1CC[C@H]2CCCC[C@@H]2C1. The maximum absolute atomic E-state index is 12.2. The Balaban J connectivity index is 1.40. The van der Waals surface area contributed by atoms with Gasteiger partial charge in [0.25, 0.3) is 0 Å². The number of carbonyl (C=O) groups excluding carboxylic acids is 2. The van der Waals surface area contributed by atoms with Gasteiger partial charge in [-0.05, 0) is 49.3 Å². The Morgan fingerprint density at radius 3 is 2.65 bits per heavy atom. The molecule has 1 aliphatic carbocycles. The first kappa shape index (κ1) is 18.9. The maximum Gasteiger partial charge on any atom is 0.243 e. The van der Waals surface area contributed by atoms with E-state index in [1.807, 2.05) is 24.3 Å². The Morgan fingerprint density at radius 2 is 1.85 bits per heavy atom. The van der Waals surface area contributed by atoms with Crippen LogP contribution in [0.2, 0.25) is 0 Å². The van der Waals surface area contributed by atoms with Crippen molar-refractivity contribution in [1.82, 2.24) is 10.2 Å². The molecule has 2 atom stereocenters. The van der Waals surface area contributed by atoms with Crippen LogP contribution in [0.25, 0.3) is 0 Å². The summed E-state index contributed by atoms with van der Waals surface area (Å²) in [7, 11) is 0. The van der Waals surface area contributed by atoms with E-state index in [9.17, 15) is 9.59 Å². The van der Waals surface area contributed by atoms with E-state index in [4.69, 9.17) is 0 Å². The molecular formula is C21H31N3O2. The van der Waals surface area contributed by atoms with E-state index in [2.05, 4.69) is 22.5 Å². The minimum atomic E-state index is -0.176. The number of carbonyl (C=O) groups is 2. The van der Waals surface area contributed by atoms with E-state index < -0.39 is 0 Å². The fourth-order valence-electron chi connectivity index (χ4n) is 4.40. The number of fused-ring (bicyclic) bond motifs is 1. The number of anilines is 1. The van der Waals surface area contributed by atoms with Gasteiger partial charge in [-0.15, -0.1) is 0 Å². The number of aryl methyl sites for hydroxylation is 1. The number of amides is 2. The van der Waals surface area contributed by atoms with Gasteiger partial charge in [-0.1, -0.05) is 44.4 Å². The quantitative estimate of drug-likeness (QED) is 0.823. The Bertz CT molecular complexity index is 631. The molecule has 5 heteroatoms. The highest BCUT2D eigenvalue weighted by Gasteiger charge is 2.31. The first-order valence-electron chi connectivity index (χ1n) is 10.0. The molecule has 142 valence electrons. The largest absolute Gasteiger partial charge is 0.346 e. The Kier molecular flexibility index (Phi) is 6.67. The average Bonchev–Trinajstić information content (AvgIpc) is 2.67. The van der Waals surface area contributed by atoms with Gasteiger partial charge in [-0.3, -0.25) is 14.5 Å². The molecular weight excluding hydrogens is 326 g/mol. The molecule has 5 nitrogen and oxygen atoms in total. The number of benzene rings is 1. The predicted octanol–water partition coefficient (Wildman–Crippen LogP) is 2.82. The molecule has 2 N–H and O–H groups in total. The number of piperidine rings is 1. The van der Waals surface area contributed by atoms with E-state index >= 15 is 0 Å². The van der Waals surface area contributed by atoms with Crippen LogP contribution in [-0.2, 0) is 16.0 Å². The lowest BCUT2D eigenvalue weighted by Gasteiger charge is -2.41. The summed E-state index contributed by atoms with van der Waals surface area (Å²) in [4.78, 5) is 26.6. The van der Waals surface area contributed by atoms with Gasteiger partial charge >= 0.3 is 0 Å². The van der Waals surface area contributed by atoms with E-state index in [0.717, 1.165) is 42.6 Å². The molecule has 2 amide bonds. The van der Waals surface area contributed by atoms with Crippen LogP contribution in [0.5, 0.6) is 0 Å². The van der Waals surface area contributed by atoms with Crippen molar-refractivity contribution in [2.75, 3.05) is 31.5 Å². The molecule has 1 aliphatic heterocycles. The minimum Gasteiger partial charge on any atom is -0.346 e. The first-order chi connectivity index (χ1) is 12.7. The first-order valence-corrected chi connectivity index (χ1v) is 10.0. The zero-order chi connectivity index (χ0) is 18.4. The molecule has 0 radical (unpaired) electrons. The third-order valence-corrected chi connectivity index (χ3v) is 5.86. The average molecular weight is 357 g/mol. The lowest BCUT2D eigenvalue weighted by Crippen LogP contribution is -2.47. The van der Waals surface area contributed by atoms with Crippen LogP contribution in [0.1, 0.15) is 44.6 Å². The number of hydrogen-bond acceptors (Lipinski definition) is 3. The molecule has 0 spiro atoms. The summed E-state index contributed by atoms with van der Waals surface area (Å²) in [6, 6.07) is 7.77. The van der Waals surface area contributed by atoms with E-state index in [1.165, 1.54) is 32.1 Å². The van der Waals surface area contributed by atoms with Crippen molar-refractivity contribution in [3.63, 3.8) is 0 Å². The third kappa shape index (κ3) is 5.07. The van der Waals surface area contributed by atoms with E-state index in [-0.39, 0.29) is 18.4 Å². The number of nitrogens with one attached hydrogen (secondary N) is 2. The minimum absolute atomic E-state index is 0.0246. The standard InChI is InChI=1S/C21H31N3O2/c1-2-16-7-5-6-10-19(16)23-20(25)13-22-21(26)15-24-12-11-17-8-3-4-9-18(17)14-24/h5-7,10,17-18H,2-4,8-9,11-15H2,1H3,(H,22,26)(H,23,25)/t17-,18-/m1/s1. The molecule has 1 aromatic carbocycles. The van der Waals surface area contributed by atoms with Crippen molar-refractivity contribution < 1.29 is 9.59 Å². The van der Waals surface area contributed by atoms with Crippen LogP contribution in [0.15, 0.2) is 24.3 Å². The van der Waals surface area contributed by atoms with Crippen molar-refractivity contribution in [2.24, 2.45) is 11.8 Å². The smallest absolute Gasteiger partial charge is 0.243 e. The highest BCUT2D eigenvalue weighted by atomic mass is 16.2. The normalized spacial score (nSPS) is 23.1. The molecule has 0 aromatic heterocycles. The van der Waals surface area contributed by atoms with Crippen LogP contribution in [-0.4, -0.2) is 42.9 Å². The van der Waals surface area contributed by atoms with Crippen LogP contribution < -0.4 is 10.6 Å². The molecule has 0 unspecified atom stereocenters. The summed E-state index contributed by atoms with van der Waals surface area (Å²) in [5, 5.41) is 5.66. The summed E-state index contributed by atoms with van der Waals surface area (Å²) in [6.45, 7) is 4.53. The Hall–Kier alpha value is -1.88. The highest BCUT2D eigenvalue weighted by molar-refractivity contribution is 5.95. The van der Waals surface area contributed by atoms with Crippen LogP contribution in [0, 0.1) is 11.8 Å². The maximum atomic E-state index is 12.2. The van der Waals surface area contributed by atoms with Crippen molar-refractivity contribution in [2.45, 2.75) is 45.4 Å². The summed E-state index contributed by atoms with van der Waals surface area (Å²) in [5.74, 6) is 1.40. The lowest BCUT2D eigenvalue weighted by molar-refractivity contribution is -0.125. The van der Waals surface area contributed by atoms with Crippen molar-refractivity contribution in [3.8, 4) is 0 Å². The number of hydrogen-bond donors (Lipinski definition) is 2. The monoisotopic (exact) mass is 357 g/mol. The van der Waals surface area contributed by atoms with Gasteiger partial charge < -0.3 is 10.6 Å².